The number of benzene rings is 2. The Morgan fingerprint density at radius 3 is 2.68 bits per heavy atom. The van der Waals surface area contributed by atoms with E-state index in [1.807, 2.05) is 12.1 Å². The van der Waals surface area contributed by atoms with Crippen molar-refractivity contribution in [2.24, 2.45) is 0 Å². The molecule has 2 aliphatic rings. The van der Waals surface area contributed by atoms with E-state index in [0.717, 1.165) is 51.6 Å². The third-order valence-corrected chi connectivity index (χ3v) is 7.54. The van der Waals surface area contributed by atoms with Crippen LogP contribution in [0.4, 0.5) is 8.78 Å². The Morgan fingerprint density at radius 1 is 1.21 bits per heavy atom. The van der Waals surface area contributed by atoms with Crippen LogP contribution in [0.15, 0.2) is 36.5 Å². The molecule has 2 fully saturated rings. The quantitative estimate of drug-likeness (QED) is 0.416. The lowest BCUT2D eigenvalue weighted by Crippen LogP contribution is -2.45. The topological polar surface area (TPSA) is 80.1 Å². The summed E-state index contributed by atoms with van der Waals surface area (Å²) in [5, 5.41) is 18.5. The number of carboxylic acids is 1. The number of carboxylic acid groups (broad SMARTS) is 1. The third-order valence-electron chi connectivity index (χ3n) is 7.54. The fourth-order valence-electron chi connectivity index (χ4n) is 5.72. The number of hydrogen-bond donors (Lipinski definition) is 2. The number of ether oxygens (including phenoxy) is 1. The van der Waals surface area contributed by atoms with Crippen molar-refractivity contribution >= 4 is 27.8 Å². The molecular weight excluding hydrogens is 440 g/mol. The standard InChI is InChI=1S/C26H25F2N3O3/c1-14-8-18(2-3-20(14)27)31-22-9-16-13-29-30-21(16)10-19(22)23(17-11-26(28,12-17)25(32)33)24(31)15-4-6-34-7-5-15/h2-3,8-10,13,15,17H,4-7,11-12H2,1H3,(H,29,30)(H,32,33). The molecule has 0 spiro atoms. The van der Waals surface area contributed by atoms with Crippen LogP contribution in [0.3, 0.4) is 0 Å². The Balaban J connectivity index is 1.65. The van der Waals surface area contributed by atoms with Gasteiger partial charge in [0.15, 0.2) is 0 Å². The van der Waals surface area contributed by atoms with Gasteiger partial charge in [-0.05, 0) is 80.0 Å². The zero-order chi connectivity index (χ0) is 23.6. The number of hydrogen-bond acceptors (Lipinski definition) is 3. The fraction of sp³-hybridized carbons (Fsp3) is 0.385. The molecule has 1 aliphatic carbocycles. The minimum absolute atomic E-state index is 0.0544. The van der Waals surface area contributed by atoms with Gasteiger partial charge >= 0.3 is 5.97 Å². The van der Waals surface area contributed by atoms with Crippen LogP contribution in [0.5, 0.6) is 0 Å². The molecule has 1 saturated carbocycles. The summed E-state index contributed by atoms with van der Waals surface area (Å²) in [6, 6.07) is 9.16. The van der Waals surface area contributed by atoms with E-state index in [9.17, 15) is 18.7 Å². The van der Waals surface area contributed by atoms with Crippen LogP contribution in [0.1, 0.15) is 54.3 Å². The van der Waals surface area contributed by atoms with Gasteiger partial charge in [0, 0.05) is 41.3 Å². The molecule has 3 heterocycles. The number of halogens is 2. The van der Waals surface area contributed by atoms with Crippen LogP contribution >= 0.6 is 0 Å². The minimum Gasteiger partial charge on any atom is -0.479 e. The summed E-state index contributed by atoms with van der Waals surface area (Å²) >= 11 is 0. The van der Waals surface area contributed by atoms with Crippen molar-refractivity contribution in [1.29, 1.82) is 0 Å². The number of alkyl halides is 1. The second-order valence-corrected chi connectivity index (χ2v) is 9.66. The van der Waals surface area contributed by atoms with Gasteiger partial charge < -0.3 is 14.4 Å². The van der Waals surface area contributed by atoms with Crippen molar-refractivity contribution in [2.45, 2.75) is 50.1 Å². The van der Waals surface area contributed by atoms with E-state index in [0.29, 0.717) is 18.8 Å². The molecule has 0 bridgehead atoms. The molecule has 176 valence electrons. The first-order chi connectivity index (χ1) is 16.4. The number of aliphatic carboxylic acids is 1. The molecule has 2 aromatic heterocycles. The number of aromatic nitrogens is 3. The predicted octanol–water partition coefficient (Wildman–Crippen LogP) is 5.52. The molecule has 0 amide bonds. The number of H-pyrrole nitrogens is 1. The van der Waals surface area contributed by atoms with Gasteiger partial charge in [0.25, 0.3) is 0 Å². The van der Waals surface area contributed by atoms with Crippen molar-refractivity contribution in [1.82, 2.24) is 14.8 Å². The van der Waals surface area contributed by atoms with E-state index in [2.05, 4.69) is 20.8 Å². The van der Waals surface area contributed by atoms with Crippen molar-refractivity contribution in [3.8, 4) is 5.69 Å². The molecule has 1 aliphatic heterocycles. The summed E-state index contributed by atoms with van der Waals surface area (Å²) in [6.45, 7) is 3.00. The molecule has 2 aromatic carbocycles. The summed E-state index contributed by atoms with van der Waals surface area (Å²) in [6.07, 6.45) is 3.28. The van der Waals surface area contributed by atoms with Gasteiger partial charge in [-0.25, -0.2) is 13.6 Å². The number of fused-ring (bicyclic) bond motifs is 2. The molecule has 2 N–H and O–H groups in total. The molecule has 0 radical (unpaired) electrons. The molecular formula is C26H25F2N3O3. The van der Waals surface area contributed by atoms with Crippen LogP contribution in [0.25, 0.3) is 27.5 Å². The lowest BCUT2D eigenvalue weighted by atomic mass is 9.67. The number of nitrogens with one attached hydrogen (secondary N) is 1. The molecule has 6 rings (SSSR count). The van der Waals surface area contributed by atoms with Crippen molar-refractivity contribution in [2.75, 3.05) is 13.2 Å². The van der Waals surface area contributed by atoms with Crippen LogP contribution in [0, 0.1) is 12.7 Å². The lowest BCUT2D eigenvalue weighted by Gasteiger charge is -2.39. The minimum atomic E-state index is -2.20. The van der Waals surface area contributed by atoms with Crippen LogP contribution < -0.4 is 0 Å². The highest BCUT2D eigenvalue weighted by atomic mass is 19.1. The van der Waals surface area contributed by atoms with Crippen molar-refractivity contribution < 1.29 is 23.4 Å². The first kappa shape index (κ1) is 21.3. The summed E-state index contributed by atoms with van der Waals surface area (Å²) in [5.41, 5.74) is 3.03. The highest BCUT2D eigenvalue weighted by molar-refractivity contribution is 5.99. The Hall–Kier alpha value is -3.26. The van der Waals surface area contributed by atoms with E-state index in [4.69, 9.17) is 4.74 Å². The maximum atomic E-state index is 14.9. The molecule has 34 heavy (non-hydrogen) atoms. The average molecular weight is 466 g/mol. The van der Waals surface area contributed by atoms with Gasteiger partial charge in [-0.2, -0.15) is 5.10 Å². The maximum Gasteiger partial charge on any atom is 0.341 e. The van der Waals surface area contributed by atoms with E-state index < -0.39 is 11.6 Å². The smallest absolute Gasteiger partial charge is 0.341 e. The van der Waals surface area contributed by atoms with Gasteiger partial charge in [-0.15, -0.1) is 0 Å². The van der Waals surface area contributed by atoms with E-state index >= 15 is 0 Å². The Kier molecular flexibility index (Phi) is 4.78. The molecule has 0 atom stereocenters. The van der Waals surface area contributed by atoms with Gasteiger partial charge in [0.05, 0.1) is 17.2 Å². The molecule has 1 saturated heterocycles. The third kappa shape index (κ3) is 3.15. The lowest BCUT2D eigenvalue weighted by molar-refractivity contribution is -0.158. The first-order valence-corrected chi connectivity index (χ1v) is 11.6. The summed E-state index contributed by atoms with van der Waals surface area (Å²) < 4.78 is 36.8. The molecule has 0 unspecified atom stereocenters. The highest BCUT2D eigenvalue weighted by Crippen LogP contribution is 2.53. The van der Waals surface area contributed by atoms with Gasteiger partial charge in [0.1, 0.15) is 5.82 Å². The maximum absolute atomic E-state index is 14.9. The summed E-state index contributed by atoms with van der Waals surface area (Å²) in [4.78, 5) is 11.5. The van der Waals surface area contributed by atoms with Crippen molar-refractivity contribution in [3.05, 3.63) is 59.2 Å². The van der Waals surface area contributed by atoms with Crippen LogP contribution in [-0.4, -0.2) is 44.7 Å². The first-order valence-electron chi connectivity index (χ1n) is 11.6. The second-order valence-electron chi connectivity index (χ2n) is 9.66. The van der Waals surface area contributed by atoms with Crippen molar-refractivity contribution in [3.63, 3.8) is 0 Å². The normalized spacial score (nSPS) is 23.4. The van der Waals surface area contributed by atoms with E-state index in [1.165, 1.54) is 6.07 Å². The van der Waals surface area contributed by atoms with Gasteiger partial charge in [-0.3, -0.25) is 5.10 Å². The Bertz CT molecular complexity index is 1430. The summed E-state index contributed by atoms with van der Waals surface area (Å²) in [5.74, 6) is -1.72. The number of carbonyl (C=O) groups is 1. The van der Waals surface area contributed by atoms with Gasteiger partial charge in [-0.1, -0.05) is 0 Å². The fourth-order valence-corrected chi connectivity index (χ4v) is 5.72. The van der Waals surface area contributed by atoms with E-state index in [1.54, 1.807) is 19.2 Å². The number of rotatable bonds is 4. The SMILES string of the molecule is Cc1cc(-n2c(C3CCOCC3)c(C3CC(F)(C(=O)O)C3)c3cc4[nH]ncc4cc32)ccc1F. The zero-order valence-electron chi connectivity index (χ0n) is 18.8. The Labute approximate surface area is 194 Å². The van der Waals surface area contributed by atoms with Crippen LogP contribution in [0.2, 0.25) is 0 Å². The predicted molar refractivity (Wildman–Crippen MR) is 124 cm³/mol. The number of nitrogens with zero attached hydrogens (tertiary/aromatic N) is 2. The summed E-state index contributed by atoms with van der Waals surface area (Å²) in [7, 11) is 0. The molecule has 4 aromatic rings. The molecule has 6 nitrogen and oxygen atoms in total. The highest BCUT2D eigenvalue weighted by Gasteiger charge is 2.53. The second kappa shape index (κ2) is 7.63. The van der Waals surface area contributed by atoms with Crippen LogP contribution in [-0.2, 0) is 9.53 Å². The van der Waals surface area contributed by atoms with Gasteiger partial charge in [0.2, 0.25) is 5.67 Å². The average Bonchev–Trinajstić information content (AvgIpc) is 3.39. The largest absolute Gasteiger partial charge is 0.479 e. The monoisotopic (exact) mass is 465 g/mol. The number of aromatic amines is 1. The Morgan fingerprint density at radius 2 is 1.97 bits per heavy atom. The molecule has 8 heteroatoms. The number of aryl methyl sites for hydroxylation is 1. The zero-order valence-corrected chi connectivity index (χ0v) is 18.8. The van der Waals surface area contributed by atoms with E-state index in [-0.39, 0.29) is 30.5 Å².